The van der Waals surface area contributed by atoms with E-state index in [1.807, 2.05) is 30.3 Å². The van der Waals surface area contributed by atoms with Crippen LogP contribution in [0.1, 0.15) is 81.4 Å². The van der Waals surface area contributed by atoms with Crippen LogP contribution in [-0.2, 0) is 20.7 Å². The van der Waals surface area contributed by atoms with Crippen LogP contribution in [0, 0.1) is 11.3 Å². The van der Waals surface area contributed by atoms with Crippen molar-refractivity contribution in [3.8, 4) is 11.8 Å². The minimum absolute atomic E-state index is 0.0108. The predicted octanol–water partition coefficient (Wildman–Crippen LogP) is 7.40. The van der Waals surface area contributed by atoms with Crippen LogP contribution in [0.2, 0.25) is 0 Å². The van der Waals surface area contributed by atoms with Crippen LogP contribution < -0.4 is 4.74 Å². The Morgan fingerprint density at radius 1 is 0.892 bits per heavy atom. The monoisotopic (exact) mass is 503 g/mol. The number of benzene rings is 2. The summed E-state index contributed by atoms with van der Waals surface area (Å²) in [6.45, 7) is 2.18. The fraction of sp³-hybridized carbons (Fsp3) is 0.387. The highest BCUT2D eigenvalue weighted by Gasteiger charge is 2.22. The molecule has 3 rings (SSSR count). The molecular formula is C31H34FNO4. The third-order valence-electron chi connectivity index (χ3n) is 6.24. The summed E-state index contributed by atoms with van der Waals surface area (Å²) >= 11 is 0. The second kappa shape index (κ2) is 14.7. The number of esters is 2. The lowest BCUT2D eigenvalue weighted by atomic mass is 9.94. The summed E-state index contributed by atoms with van der Waals surface area (Å²) in [7, 11) is 0. The van der Waals surface area contributed by atoms with Crippen LogP contribution in [0.3, 0.4) is 0 Å². The van der Waals surface area contributed by atoms with Crippen molar-refractivity contribution in [2.45, 2.75) is 77.3 Å². The molecule has 194 valence electrons. The molecule has 0 saturated heterocycles. The van der Waals surface area contributed by atoms with Gasteiger partial charge in [-0.15, -0.1) is 0 Å². The van der Waals surface area contributed by atoms with Gasteiger partial charge in [-0.05, 0) is 72.7 Å². The zero-order chi connectivity index (χ0) is 26.5. The van der Waals surface area contributed by atoms with Crippen LogP contribution in [0.5, 0.6) is 5.75 Å². The summed E-state index contributed by atoms with van der Waals surface area (Å²) in [6, 6.07) is 16.4. The Balaban J connectivity index is 1.32. The zero-order valence-electron chi connectivity index (χ0n) is 21.4. The number of carbonyl (C=O) groups is 2. The topological polar surface area (TPSA) is 76.4 Å². The Hall–Kier alpha value is -3.72. The van der Waals surface area contributed by atoms with Gasteiger partial charge in [0.15, 0.2) is 0 Å². The Morgan fingerprint density at radius 2 is 1.57 bits per heavy atom. The van der Waals surface area contributed by atoms with Gasteiger partial charge in [0.25, 0.3) is 0 Å². The van der Waals surface area contributed by atoms with E-state index in [1.165, 1.54) is 18.4 Å². The molecule has 0 aliphatic heterocycles. The third-order valence-corrected chi connectivity index (χ3v) is 6.24. The van der Waals surface area contributed by atoms with Gasteiger partial charge < -0.3 is 9.47 Å². The van der Waals surface area contributed by atoms with Crippen molar-refractivity contribution in [3.63, 3.8) is 0 Å². The normalized spacial score (nSPS) is 14.8. The van der Waals surface area contributed by atoms with Crippen LogP contribution in [0.4, 0.5) is 4.39 Å². The maximum atomic E-state index is 14.7. The van der Waals surface area contributed by atoms with Gasteiger partial charge in [-0.1, -0.05) is 56.5 Å². The first-order valence-electron chi connectivity index (χ1n) is 13.0. The minimum Gasteiger partial charge on any atom is -0.431 e. The molecule has 2 aromatic carbocycles. The number of ether oxygens (including phenoxy) is 2. The Bertz CT molecular complexity index is 1140. The maximum Gasteiger partial charge on any atom is 0.311 e. The molecule has 5 nitrogen and oxygen atoms in total. The van der Waals surface area contributed by atoms with Gasteiger partial charge in [-0.25, -0.2) is 4.39 Å². The largest absolute Gasteiger partial charge is 0.431 e. The number of halogens is 1. The van der Waals surface area contributed by atoms with Gasteiger partial charge in [0, 0.05) is 19.3 Å². The number of allylic oxidation sites excluding steroid dienone is 4. The number of alkyl halides is 1. The Morgan fingerprint density at radius 3 is 2.19 bits per heavy atom. The van der Waals surface area contributed by atoms with Gasteiger partial charge in [0.05, 0.1) is 11.6 Å². The molecule has 0 saturated carbocycles. The van der Waals surface area contributed by atoms with E-state index in [0.717, 1.165) is 12.8 Å². The summed E-state index contributed by atoms with van der Waals surface area (Å²) < 4.78 is 25.4. The van der Waals surface area contributed by atoms with Crippen molar-refractivity contribution in [3.05, 3.63) is 83.1 Å². The van der Waals surface area contributed by atoms with Gasteiger partial charge in [0.2, 0.25) is 0 Å². The fourth-order valence-corrected chi connectivity index (χ4v) is 4.13. The van der Waals surface area contributed by atoms with E-state index in [2.05, 4.69) is 6.92 Å². The highest BCUT2D eigenvalue weighted by atomic mass is 19.1. The number of aryl methyl sites for hydroxylation is 1. The standard InChI is InChI=1S/C31H34FNO4/c1-2-3-5-8-23-13-17-26(18-14-23)36-30(34)9-6-4-7-10-31(35)37-27-19-20-28(29(32)21-27)25-15-11-24(22-33)12-16-25/h11-20,29H,2-10,21H2,1H3. The number of hydrogen-bond acceptors (Lipinski definition) is 5. The number of hydrogen-bond donors (Lipinski definition) is 0. The molecule has 2 aromatic rings. The summed E-state index contributed by atoms with van der Waals surface area (Å²) in [6.07, 6.45) is 8.91. The molecule has 0 radical (unpaired) electrons. The van der Waals surface area contributed by atoms with Crippen molar-refractivity contribution < 1.29 is 23.5 Å². The van der Waals surface area contributed by atoms with E-state index >= 15 is 0 Å². The van der Waals surface area contributed by atoms with Crippen LogP contribution in [-0.4, -0.2) is 18.1 Å². The molecule has 6 heteroatoms. The highest BCUT2D eigenvalue weighted by molar-refractivity contribution is 5.74. The van der Waals surface area contributed by atoms with Gasteiger partial charge >= 0.3 is 11.9 Å². The number of carbonyl (C=O) groups excluding carboxylic acids is 2. The van der Waals surface area contributed by atoms with Crippen molar-refractivity contribution in [1.29, 1.82) is 5.26 Å². The van der Waals surface area contributed by atoms with E-state index in [1.54, 1.807) is 36.4 Å². The average Bonchev–Trinajstić information content (AvgIpc) is 2.90. The molecule has 0 bridgehead atoms. The molecule has 0 aromatic heterocycles. The van der Waals surface area contributed by atoms with Crippen molar-refractivity contribution in [2.75, 3.05) is 0 Å². The Kier molecular flexibility index (Phi) is 11.1. The molecule has 0 fully saturated rings. The van der Waals surface area contributed by atoms with E-state index < -0.39 is 12.1 Å². The quantitative estimate of drug-likeness (QED) is 0.162. The lowest BCUT2D eigenvalue weighted by Gasteiger charge is -2.19. The minimum atomic E-state index is -1.29. The van der Waals surface area contributed by atoms with E-state index in [9.17, 15) is 14.0 Å². The molecule has 1 aliphatic carbocycles. The number of nitriles is 1. The predicted molar refractivity (Wildman–Crippen MR) is 141 cm³/mol. The average molecular weight is 504 g/mol. The highest BCUT2D eigenvalue weighted by Crippen LogP contribution is 2.30. The van der Waals surface area contributed by atoms with Crippen molar-refractivity contribution in [1.82, 2.24) is 0 Å². The van der Waals surface area contributed by atoms with E-state index in [4.69, 9.17) is 14.7 Å². The number of rotatable bonds is 13. The van der Waals surface area contributed by atoms with Crippen LogP contribution in [0.15, 0.2) is 66.4 Å². The second-order valence-corrected chi connectivity index (χ2v) is 9.23. The van der Waals surface area contributed by atoms with Gasteiger partial charge in [-0.3, -0.25) is 9.59 Å². The number of nitrogens with zero attached hydrogens (tertiary/aromatic N) is 1. The molecule has 1 unspecified atom stereocenters. The van der Waals surface area contributed by atoms with Crippen molar-refractivity contribution >= 4 is 17.5 Å². The third kappa shape index (κ3) is 9.34. The molecular weight excluding hydrogens is 469 g/mol. The molecule has 1 atom stereocenters. The van der Waals surface area contributed by atoms with Crippen LogP contribution in [0.25, 0.3) is 5.57 Å². The first kappa shape index (κ1) is 27.9. The van der Waals surface area contributed by atoms with E-state index in [-0.39, 0.29) is 25.2 Å². The van der Waals surface area contributed by atoms with Crippen LogP contribution >= 0.6 is 0 Å². The Labute approximate surface area is 218 Å². The van der Waals surface area contributed by atoms with E-state index in [0.29, 0.717) is 47.5 Å². The molecule has 0 heterocycles. The lowest BCUT2D eigenvalue weighted by Crippen LogP contribution is -2.13. The van der Waals surface area contributed by atoms with Crippen molar-refractivity contribution in [2.24, 2.45) is 0 Å². The molecule has 0 N–H and O–H groups in total. The SMILES string of the molecule is CCCCCc1ccc(OC(=O)CCCCCC(=O)OC2=CC=C(c3ccc(C#N)cc3)C(F)C2)cc1. The zero-order valence-corrected chi connectivity index (χ0v) is 21.4. The number of unbranched alkanes of at least 4 members (excludes halogenated alkanes) is 4. The summed E-state index contributed by atoms with van der Waals surface area (Å²) in [4.78, 5) is 24.2. The summed E-state index contributed by atoms with van der Waals surface area (Å²) in [5.74, 6) is 0.161. The molecule has 37 heavy (non-hydrogen) atoms. The fourth-order valence-electron chi connectivity index (χ4n) is 4.13. The molecule has 0 amide bonds. The second-order valence-electron chi connectivity index (χ2n) is 9.23. The first-order valence-corrected chi connectivity index (χ1v) is 13.0. The lowest BCUT2D eigenvalue weighted by molar-refractivity contribution is -0.140. The molecule has 0 spiro atoms. The first-order chi connectivity index (χ1) is 18.0. The smallest absolute Gasteiger partial charge is 0.311 e. The van der Waals surface area contributed by atoms with Gasteiger partial charge in [-0.2, -0.15) is 5.26 Å². The van der Waals surface area contributed by atoms with Gasteiger partial charge in [0.1, 0.15) is 17.7 Å². The summed E-state index contributed by atoms with van der Waals surface area (Å²) in [5.41, 5.74) is 2.96. The molecule has 1 aliphatic rings. The summed E-state index contributed by atoms with van der Waals surface area (Å²) in [5, 5.41) is 8.90. The maximum absolute atomic E-state index is 14.7.